The van der Waals surface area contributed by atoms with Gasteiger partial charge in [-0.3, -0.25) is 18.6 Å². The molecular formula is C40H78NO10P. The second-order valence-corrected chi connectivity index (χ2v) is 16.0. The number of carbonyl (C=O) groups excluding carboxylic acids is 2. The summed E-state index contributed by atoms with van der Waals surface area (Å²) in [6, 6.07) is -1.54. The molecule has 0 aromatic carbocycles. The Morgan fingerprint density at radius 3 is 1.27 bits per heavy atom. The van der Waals surface area contributed by atoms with E-state index in [-0.39, 0.29) is 12.8 Å². The summed E-state index contributed by atoms with van der Waals surface area (Å²) < 4.78 is 26.7. The topological polar surface area (TPSA) is 169 Å². The molecule has 0 bridgehead atoms. The number of aliphatic hydroxyl groups excluding tert-OH is 1. The van der Waals surface area contributed by atoms with Crippen LogP contribution in [0.25, 0.3) is 0 Å². The van der Waals surface area contributed by atoms with Crippen LogP contribution in [-0.4, -0.2) is 64.9 Å². The first-order valence-corrected chi connectivity index (χ1v) is 22.6. The van der Waals surface area contributed by atoms with E-state index in [1.165, 1.54) is 128 Å². The van der Waals surface area contributed by atoms with Crippen LogP contribution in [0.5, 0.6) is 0 Å². The lowest BCUT2D eigenvalue weighted by molar-refractivity contribution is -0.147. The van der Waals surface area contributed by atoms with E-state index in [1.54, 1.807) is 0 Å². The quantitative estimate of drug-likeness (QED) is 0.0268. The maximum atomic E-state index is 12.3. The number of amides is 1. The van der Waals surface area contributed by atoms with Crippen LogP contribution >= 0.6 is 7.82 Å². The largest absolute Gasteiger partial charge is 0.480 e. The van der Waals surface area contributed by atoms with Crippen molar-refractivity contribution in [2.75, 3.05) is 19.8 Å². The number of rotatable bonds is 40. The van der Waals surface area contributed by atoms with Gasteiger partial charge in [0.1, 0.15) is 12.7 Å². The third-order valence-corrected chi connectivity index (χ3v) is 10.3. The Balaban J connectivity index is 3.84. The number of aliphatic hydroxyl groups is 1. The molecule has 0 aromatic rings. The van der Waals surface area contributed by atoms with Crippen LogP contribution in [-0.2, 0) is 32.7 Å². The number of carboxylic acid groups (broad SMARTS) is 1. The summed E-state index contributed by atoms with van der Waals surface area (Å²) in [5.74, 6) is -2.36. The molecule has 3 atom stereocenters. The first kappa shape index (κ1) is 50.5. The van der Waals surface area contributed by atoms with Gasteiger partial charge in [0.15, 0.2) is 6.04 Å². The molecule has 52 heavy (non-hydrogen) atoms. The Hall–Kier alpha value is -1.52. The summed E-state index contributed by atoms with van der Waals surface area (Å²) in [5.41, 5.74) is 0. The number of hydrogen-bond donors (Lipinski definition) is 4. The number of carboxylic acids is 1. The van der Waals surface area contributed by atoms with Crippen molar-refractivity contribution in [1.82, 2.24) is 5.32 Å². The van der Waals surface area contributed by atoms with Gasteiger partial charge < -0.3 is 25.2 Å². The number of ether oxygens (including phenoxy) is 1. The second-order valence-electron chi connectivity index (χ2n) is 14.5. The van der Waals surface area contributed by atoms with Crippen LogP contribution in [0.2, 0.25) is 0 Å². The monoisotopic (exact) mass is 764 g/mol. The molecule has 0 fully saturated rings. The van der Waals surface area contributed by atoms with Crippen molar-refractivity contribution < 1.29 is 47.8 Å². The highest BCUT2D eigenvalue weighted by atomic mass is 31.2. The van der Waals surface area contributed by atoms with Crippen LogP contribution in [0, 0.1) is 0 Å². The van der Waals surface area contributed by atoms with Crippen LogP contribution < -0.4 is 5.32 Å². The molecule has 0 radical (unpaired) electrons. The molecule has 0 spiro atoms. The molecular weight excluding hydrogens is 685 g/mol. The Bertz CT molecular complexity index is 906. The maximum absolute atomic E-state index is 12.3. The normalized spacial score (nSPS) is 13.8. The maximum Gasteiger partial charge on any atom is 0.472 e. The van der Waals surface area contributed by atoms with Crippen LogP contribution in [0.3, 0.4) is 0 Å². The summed E-state index contributed by atoms with van der Waals surface area (Å²) in [7, 11) is -4.74. The lowest BCUT2D eigenvalue weighted by atomic mass is 10.0. The van der Waals surface area contributed by atoms with Gasteiger partial charge in [0.2, 0.25) is 5.91 Å². The number of nitrogens with one attached hydrogen (secondary N) is 1. The van der Waals surface area contributed by atoms with Crippen molar-refractivity contribution in [3.63, 3.8) is 0 Å². The molecule has 1 amide bonds. The zero-order valence-corrected chi connectivity index (χ0v) is 34.0. The van der Waals surface area contributed by atoms with Gasteiger partial charge in [0, 0.05) is 12.8 Å². The first-order chi connectivity index (χ1) is 25.1. The standard InChI is InChI=1S/C40H78NO10P/c1-3-5-7-9-11-13-14-15-16-17-18-19-20-21-22-23-24-25-27-29-31-38(43)41-37(40(45)46)35-51-52(47,48)50-34-36(42)33-49-39(44)32-30-28-26-12-10-8-6-4-2/h36-37,42H,3-35H2,1-2H3,(H,41,43)(H,45,46)(H,47,48). The number of phosphoric ester groups is 1. The summed E-state index contributed by atoms with van der Waals surface area (Å²) in [6.45, 7) is 2.57. The van der Waals surface area contributed by atoms with E-state index in [9.17, 15) is 34.1 Å². The smallest absolute Gasteiger partial charge is 0.472 e. The fraction of sp³-hybridized carbons (Fsp3) is 0.925. The lowest BCUT2D eigenvalue weighted by Gasteiger charge is -2.18. The van der Waals surface area contributed by atoms with Gasteiger partial charge in [-0.25, -0.2) is 9.36 Å². The molecule has 308 valence electrons. The highest BCUT2D eigenvalue weighted by Crippen LogP contribution is 2.43. The average molecular weight is 764 g/mol. The number of hydrogen-bond acceptors (Lipinski definition) is 8. The zero-order chi connectivity index (χ0) is 38.5. The summed E-state index contributed by atoms with van der Waals surface area (Å²) in [4.78, 5) is 45.7. The Labute approximate surface area is 316 Å². The van der Waals surface area contributed by atoms with Gasteiger partial charge in [0.25, 0.3) is 0 Å². The van der Waals surface area contributed by atoms with E-state index in [0.717, 1.165) is 38.5 Å². The van der Waals surface area contributed by atoms with Gasteiger partial charge in [-0.15, -0.1) is 0 Å². The van der Waals surface area contributed by atoms with Gasteiger partial charge >= 0.3 is 19.8 Å². The number of aliphatic carboxylic acids is 1. The zero-order valence-electron chi connectivity index (χ0n) is 33.1. The number of unbranched alkanes of at least 4 members (excludes halogenated alkanes) is 26. The molecule has 0 aliphatic carbocycles. The fourth-order valence-electron chi connectivity index (χ4n) is 6.08. The minimum atomic E-state index is -4.74. The van der Waals surface area contributed by atoms with Crippen LogP contribution in [0.4, 0.5) is 0 Å². The van der Waals surface area contributed by atoms with Gasteiger partial charge in [0.05, 0.1) is 13.2 Å². The molecule has 0 heterocycles. The summed E-state index contributed by atoms with van der Waals surface area (Å²) >= 11 is 0. The van der Waals surface area contributed by atoms with Gasteiger partial charge in [-0.1, -0.05) is 181 Å². The lowest BCUT2D eigenvalue weighted by Crippen LogP contribution is -2.43. The third kappa shape index (κ3) is 35.5. The van der Waals surface area contributed by atoms with Crippen molar-refractivity contribution >= 4 is 25.7 Å². The van der Waals surface area contributed by atoms with Crippen LogP contribution in [0.15, 0.2) is 0 Å². The summed E-state index contributed by atoms with van der Waals surface area (Å²) in [6.07, 6.45) is 32.9. The SMILES string of the molecule is CCCCCCCCCCCCCCCCCCCCCCC(=O)NC(COP(=O)(O)OCC(O)COC(=O)CCCCCCCCCC)C(=O)O. The van der Waals surface area contributed by atoms with E-state index in [4.69, 9.17) is 13.8 Å². The summed E-state index contributed by atoms with van der Waals surface area (Å²) in [5, 5.41) is 21.7. The number of phosphoric acid groups is 1. The molecule has 4 N–H and O–H groups in total. The van der Waals surface area contributed by atoms with Crippen molar-refractivity contribution in [1.29, 1.82) is 0 Å². The molecule has 0 aliphatic rings. The van der Waals surface area contributed by atoms with E-state index < -0.39 is 57.6 Å². The third-order valence-electron chi connectivity index (χ3n) is 9.40. The minimum absolute atomic E-state index is 0.153. The van der Waals surface area contributed by atoms with Crippen molar-refractivity contribution in [3.8, 4) is 0 Å². The van der Waals surface area contributed by atoms with Gasteiger partial charge in [-0.05, 0) is 12.8 Å². The van der Waals surface area contributed by atoms with E-state index in [2.05, 4.69) is 19.2 Å². The van der Waals surface area contributed by atoms with E-state index in [1.807, 2.05) is 0 Å². The molecule has 3 unspecified atom stereocenters. The minimum Gasteiger partial charge on any atom is -0.480 e. The molecule has 0 aliphatic heterocycles. The molecule has 12 heteroatoms. The van der Waals surface area contributed by atoms with Crippen molar-refractivity contribution in [2.24, 2.45) is 0 Å². The highest BCUT2D eigenvalue weighted by molar-refractivity contribution is 7.47. The molecule has 0 aromatic heterocycles. The van der Waals surface area contributed by atoms with Crippen molar-refractivity contribution in [3.05, 3.63) is 0 Å². The number of esters is 1. The predicted octanol–water partition coefficient (Wildman–Crippen LogP) is 10.3. The van der Waals surface area contributed by atoms with Crippen molar-refractivity contribution in [2.45, 2.75) is 219 Å². The van der Waals surface area contributed by atoms with E-state index in [0.29, 0.717) is 12.8 Å². The fourth-order valence-corrected chi connectivity index (χ4v) is 6.85. The molecule has 0 saturated carbocycles. The molecule has 11 nitrogen and oxygen atoms in total. The van der Waals surface area contributed by atoms with Crippen LogP contribution in [0.1, 0.15) is 206 Å². The van der Waals surface area contributed by atoms with Gasteiger partial charge in [-0.2, -0.15) is 0 Å². The highest BCUT2D eigenvalue weighted by Gasteiger charge is 2.28. The first-order valence-electron chi connectivity index (χ1n) is 21.1. The molecule has 0 rings (SSSR count). The Morgan fingerprint density at radius 2 is 0.885 bits per heavy atom. The number of carbonyl (C=O) groups is 3. The van der Waals surface area contributed by atoms with E-state index >= 15 is 0 Å². The predicted molar refractivity (Wildman–Crippen MR) is 208 cm³/mol. The average Bonchev–Trinajstić information content (AvgIpc) is 3.11. The Morgan fingerprint density at radius 1 is 0.538 bits per heavy atom. The Kier molecular flexibility index (Phi) is 35.4. The second kappa shape index (κ2) is 36.5. The molecule has 0 saturated heterocycles.